The van der Waals surface area contributed by atoms with Crippen LogP contribution in [0.3, 0.4) is 0 Å². The first kappa shape index (κ1) is 14.0. The van der Waals surface area contributed by atoms with E-state index in [2.05, 4.69) is 43.1 Å². The zero-order valence-electron chi connectivity index (χ0n) is 10.1. The van der Waals surface area contributed by atoms with Gasteiger partial charge in [0.1, 0.15) is 5.75 Å². The Morgan fingerprint density at radius 3 is 2.53 bits per heavy atom. The van der Waals surface area contributed by atoms with E-state index in [1.54, 1.807) is 18.9 Å². The average Bonchev–Trinajstić information content (AvgIpc) is 2.29. The highest BCUT2D eigenvalue weighted by atomic mass is 32.2. The number of hydrogen-bond donors (Lipinski definition) is 1. The molecule has 0 bridgehead atoms. The van der Waals surface area contributed by atoms with Crippen LogP contribution in [0.2, 0.25) is 0 Å². The van der Waals surface area contributed by atoms with E-state index in [0.717, 1.165) is 15.7 Å². The van der Waals surface area contributed by atoms with Gasteiger partial charge in [-0.3, -0.25) is 0 Å². The fourth-order valence-corrected chi connectivity index (χ4v) is 2.28. The number of benzene rings is 1. The summed E-state index contributed by atoms with van der Waals surface area (Å²) >= 11 is 5.90. The highest BCUT2D eigenvalue weighted by molar-refractivity contribution is 8.15. The summed E-state index contributed by atoms with van der Waals surface area (Å²) < 4.78 is 5.85. The SMILES string of the molecule is COc1ccc(N=C=C=C(S)SC(C)C)cc1. The number of aliphatic imine (C=N–C) groups is 1. The second-order valence-electron chi connectivity index (χ2n) is 3.52. The third-order valence-electron chi connectivity index (χ3n) is 1.77. The van der Waals surface area contributed by atoms with E-state index in [-0.39, 0.29) is 0 Å². The summed E-state index contributed by atoms with van der Waals surface area (Å²) in [5.74, 6) is 3.56. The molecule has 0 heterocycles. The molecule has 1 aromatic rings. The van der Waals surface area contributed by atoms with Crippen LogP contribution in [0.25, 0.3) is 0 Å². The quantitative estimate of drug-likeness (QED) is 0.503. The van der Waals surface area contributed by atoms with Crippen LogP contribution < -0.4 is 4.74 Å². The number of thiol groups is 1. The monoisotopic (exact) mass is 265 g/mol. The van der Waals surface area contributed by atoms with Crippen molar-refractivity contribution in [3.05, 3.63) is 34.2 Å². The molecule has 4 heteroatoms. The maximum Gasteiger partial charge on any atom is 0.119 e. The third kappa shape index (κ3) is 5.71. The van der Waals surface area contributed by atoms with E-state index in [4.69, 9.17) is 4.74 Å². The van der Waals surface area contributed by atoms with Crippen molar-refractivity contribution in [2.75, 3.05) is 7.11 Å². The van der Waals surface area contributed by atoms with Crippen LogP contribution in [0.1, 0.15) is 13.8 Å². The van der Waals surface area contributed by atoms with Gasteiger partial charge in [0.15, 0.2) is 0 Å². The summed E-state index contributed by atoms with van der Waals surface area (Å²) in [6.07, 6.45) is 0. The summed E-state index contributed by atoms with van der Waals surface area (Å²) in [6, 6.07) is 7.44. The molecule has 2 nitrogen and oxygen atoms in total. The fourth-order valence-electron chi connectivity index (χ4n) is 1.05. The molecule has 0 aromatic heterocycles. The van der Waals surface area contributed by atoms with Gasteiger partial charge in [0.25, 0.3) is 0 Å². The van der Waals surface area contributed by atoms with Gasteiger partial charge in [0.05, 0.1) is 17.0 Å². The lowest BCUT2D eigenvalue weighted by molar-refractivity contribution is 0.415. The summed E-state index contributed by atoms with van der Waals surface area (Å²) in [5, 5.41) is 0.484. The minimum atomic E-state index is 0.484. The molecule has 0 aliphatic heterocycles. The standard InChI is InChI=1S/C13H15NOS2/c1-10(2)17-13(16)8-9-14-11-4-6-12(15-3)7-5-11/h4-7,10,16H,1-3H3. The Balaban J connectivity index is 2.78. The summed E-state index contributed by atoms with van der Waals surface area (Å²) in [4.78, 5) is 4.13. The van der Waals surface area contributed by atoms with Crippen molar-refractivity contribution in [1.82, 2.24) is 0 Å². The topological polar surface area (TPSA) is 21.6 Å². The molecular weight excluding hydrogens is 250 g/mol. The predicted molar refractivity (Wildman–Crippen MR) is 78.8 cm³/mol. The Kier molecular flexibility index (Phi) is 6.03. The molecule has 0 saturated heterocycles. The lowest BCUT2D eigenvalue weighted by atomic mass is 10.3. The van der Waals surface area contributed by atoms with E-state index in [1.807, 2.05) is 24.3 Å². The van der Waals surface area contributed by atoms with Gasteiger partial charge in [-0.1, -0.05) is 13.8 Å². The lowest BCUT2D eigenvalue weighted by Gasteiger charge is -1.98. The van der Waals surface area contributed by atoms with Crippen LogP contribution in [0.4, 0.5) is 5.69 Å². The Morgan fingerprint density at radius 2 is 2.00 bits per heavy atom. The van der Waals surface area contributed by atoms with E-state index in [1.165, 1.54) is 0 Å². The van der Waals surface area contributed by atoms with Gasteiger partial charge in [-0.2, -0.15) is 4.99 Å². The molecule has 0 saturated carbocycles. The average molecular weight is 265 g/mol. The third-order valence-corrected chi connectivity index (χ3v) is 2.99. The molecule has 0 aliphatic carbocycles. The van der Waals surface area contributed by atoms with Crippen LogP contribution in [0.15, 0.2) is 39.2 Å². The van der Waals surface area contributed by atoms with Crippen LogP contribution in [-0.2, 0) is 0 Å². The van der Waals surface area contributed by atoms with Crippen molar-refractivity contribution in [2.24, 2.45) is 4.99 Å². The molecule has 0 radical (unpaired) electrons. The zero-order chi connectivity index (χ0) is 12.7. The predicted octanol–water partition coefficient (Wildman–Crippen LogP) is 4.06. The Morgan fingerprint density at radius 1 is 1.35 bits per heavy atom. The molecule has 1 rings (SSSR count). The first-order valence-electron chi connectivity index (χ1n) is 5.20. The van der Waals surface area contributed by atoms with Gasteiger partial charge < -0.3 is 4.74 Å². The van der Waals surface area contributed by atoms with E-state index in [0.29, 0.717) is 5.25 Å². The lowest BCUT2D eigenvalue weighted by Crippen LogP contribution is -1.82. The number of rotatable bonds is 4. The molecule has 1 aromatic carbocycles. The summed E-state index contributed by atoms with van der Waals surface area (Å²) in [6.45, 7) is 4.20. The number of methoxy groups -OCH3 is 1. The smallest absolute Gasteiger partial charge is 0.119 e. The van der Waals surface area contributed by atoms with Crippen molar-refractivity contribution in [3.63, 3.8) is 0 Å². The van der Waals surface area contributed by atoms with Gasteiger partial charge in [0, 0.05) is 11.1 Å². The maximum absolute atomic E-state index is 5.06. The molecule has 0 amide bonds. The second kappa shape index (κ2) is 7.31. The van der Waals surface area contributed by atoms with Gasteiger partial charge in [-0.15, -0.1) is 24.4 Å². The van der Waals surface area contributed by atoms with Crippen LogP contribution in [0.5, 0.6) is 5.75 Å². The largest absolute Gasteiger partial charge is 0.497 e. The number of nitrogens with zero attached hydrogens (tertiary/aromatic N) is 1. The van der Waals surface area contributed by atoms with Crippen molar-refractivity contribution in [1.29, 1.82) is 0 Å². The Bertz CT molecular complexity index is 453. The molecule has 0 spiro atoms. The molecule has 0 aliphatic rings. The Labute approximate surface area is 112 Å². The number of ether oxygens (including phenoxy) is 1. The molecule has 90 valence electrons. The second-order valence-corrected chi connectivity index (χ2v) is 5.85. The van der Waals surface area contributed by atoms with E-state index >= 15 is 0 Å². The molecule has 0 unspecified atom stereocenters. The van der Waals surface area contributed by atoms with Gasteiger partial charge >= 0.3 is 0 Å². The van der Waals surface area contributed by atoms with Crippen molar-refractivity contribution >= 4 is 35.9 Å². The van der Waals surface area contributed by atoms with Gasteiger partial charge in [-0.05, 0) is 30.0 Å². The fraction of sp³-hybridized carbons (Fsp3) is 0.308. The van der Waals surface area contributed by atoms with Gasteiger partial charge in [0.2, 0.25) is 0 Å². The molecule has 0 fully saturated rings. The first-order valence-corrected chi connectivity index (χ1v) is 6.53. The van der Waals surface area contributed by atoms with E-state index < -0.39 is 0 Å². The van der Waals surface area contributed by atoms with Crippen LogP contribution in [-0.4, -0.2) is 18.2 Å². The van der Waals surface area contributed by atoms with Gasteiger partial charge in [-0.25, -0.2) is 0 Å². The minimum absolute atomic E-state index is 0.484. The number of thioether (sulfide) groups is 1. The summed E-state index contributed by atoms with van der Waals surface area (Å²) in [7, 11) is 1.64. The molecule has 0 atom stereocenters. The van der Waals surface area contributed by atoms with Crippen LogP contribution >= 0.6 is 24.4 Å². The number of hydrogen-bond acceptors (Lipinski definition) is 4. The van der Waals surface area contributed by atoms with Crippen LogP contribution in [0, 0.1) is 0 Å². The first-order chi connectivity index (χ1) is 8.11. The van der Waals surface area contributed by atoms with Crippen molar-refractivity contribution < 1.29 is 4.74 Å². The maximum atomic E-state index is 5.06. The van der Waals surface area contributed by atoms with Crippen molar-refractivity contribution in [2.45, 2.75) is 19.1 Å². The van der Waals surface area contributed by atoms with Crippen molar-refractivity contribution in [3.8, 4) is 5.75 Å². The molecule has 17 heavy (non-hydrogen) atoms. The molecule has 0 N–H and O–H groups in total. The normalized spacial score (nSPS) is 9.47. The summed E-state index contributed by atoms with van der Waals surface area (Å²) in [5.41, 5.74) is 3.70. The minimum Gasteiger partial charge on any atom is -0.497 e. The van der Waals surface area contributed by atoms with E-state index in [9.17, 15) is 0 Å². The highest BCUT2D eigenvalue weighted by Gasteiger charge is 1.94. The molecular formula is C13H15NOS2. The zero-order valence-corrected chi connectivity index (χ0v) is 11.8. The Hall–Kier alpha value is -1.05. The highest BCUT2D eigenvalue weighted by Crippen LogP contribution is 2.22.